The Balaban J connectivity index is 2.32. The van der Waals surface area contributed by atoms with Crippen molar-refractivity contribution in [3.63, 3.8) is 0 Å². The number of nitrogens with zero attached hydrogens (tertiary/aromatic N) is 1. The summed E-state index contributed by atoms with van der Waals surface area (Å²) in [4.78, 5) is 24.5. The third-order valence-corrected chi connectivity index (χ3v) is 5.20. The first-order valence-corrected chi connectivity index (χ1v) is 8.46. The number of carbonyl (C=O) groups is 2. The molecule has 2 heterocycles. The fraction of sp³-hybridized carbons (Fsp3) is 0.176. The van der Waals surface area contributed by atoms with Gasteiger partial charge in [0.05, 0.1) is 28.9 Å². The van der Waals surface area contributed by atoms with E-state index in [-0.39, 0.29) is 22.4 Å². The molecule has 0 bridgehead atoms. The zero-order valence-corrected chi connectivity index (χ0v) is 14.9. The first-order chi connectivity index (χ1) is 11.8. The second-order valence-corrected chi connectivity index (χ2v) is 6.83. The third-order valence-electron chi connectivity index (χ3n) is 3.95. The molecule has 6 nitrogen and oxygen atoms in total. The van der Waals surface area contributed by atoms with Crippen LogP contribution in [0.4, 0.5) is 0 Å². The Morgan fingerprint density at radius 1 is 1.28 bits per heavy atom. The molecule has 0 amide bonds. The summed E-state index contributed by atoms with van der Waals surface area (Å²) in [5.74, 6) is -0.980. The molecule has 0 saturated carbocycles. The van der Waals surface area contributed by atoms with Crippen molar-refractivity contribution in [1.29, 1.82) is 0 Å². The molecule has 1 aromatic carbocycles. The Morgan fingerprint density at radius 3 is 2.56 bits per heavy atom. The van der Waals surface area contributed by atoms with Gasteiger partial charge in [0.15, 0.2) is 5.06 Å². The van der Waals surface area contributed by atoms with E-state index in [0.29, 0.717) is 32.8 Å². The number of carboxylic acids is 1. The summed E-state index contributed by atoms with van der Waals surface area (Å²) < 4.78 is 6.63. The highest BCUT2D eigenvalue weighted by atomic mass is 35.5. The fourth-order valence-electron chi connectivity index (χ4n) is 2.86. The zero-order valence-electron chi connectivity index (χ0n) is 13.4. The van der Waals surface area contributed by atoms with E-state index in [1.807, 2.05) is 0 Å². The van der Waals surface area contributed by atoms with Crippen LogP contribution >= 0.6 is 22.9 Å². The first-order valence-electron chi connectivity index (χ1n) is 7.26. The molecule has 3 rings (SSSR count). The summed E-state index contributed by atoms with van der Waals surface area (Å²) in [6.07, 6.45) is -0.273. The Labute approximate surface area is 151 Å². The third kappa shape index (κ3) is 2.85. The minimum Gasteiger partial charge on any atom is -0.499 e. The van der Waals surface area contributed by atoms with Gasteiger partial charge in [-0.25, -0.2) is 0 Å². The molecule has 25 heavy (non-hydrogen) atoms. The number of thiophene rings is 1. The quantitative estimate of drug-likeness (QED) is 0.721. The van der Waals surface area contributed by atoms with Gasteiger partial charge in [0.2, 0.25) is 0 Å². The van der Waals surface area contributed by atoms with Crippen molar-refractivity contribution >= 4 is 45.7 Å². The number of fused-ring (bicyclic) bond motifs is 1. The zero-order chi connectivity index (χ0) is 18.3. The highest BCUT2D eigenvalue weighted by molar-refractivity contribution is 7.15. The van der Waals surface area contributed by atoms with Crippen LogP contribution < -0.4 is 4.74 Å². The second-order valence-electron chi connectivity index (χ2n) is 5.39. The number of ether oxygens (including phenoxy) is 1. The van der Waals surface area contributed by atoms with Gasteiger partial charge >= 0.3 is 5.97 Å². The number of aliphatic carboxylic acids is 1. The maximum absolute atomic E-state index is 12.9. The van der Waals surface area contributed by atoms with E-state index in [4.69, 9.17) is 16.3 Å². The fourth-order valence-corrected chi connectivity index (χ4v) is 3.88. The second kappa shape index (κ2) is 6.42. The number of halogens is 1. The molecule has 8 heteroatoms. The standard InChI is InChI=1S/C17H14ClNO5S/c1-8-9(7-13(20)21)15-10(3-4-11(24-2)16(15)18)19(8)17(23)12-5-6-14(22)25-12/h3-6,22H,7H2,1-2H3,(H,20,21). The number of methoxy groups -OCH3 is 1. The predicted molar refractivity (Wildman–Crippen MR) is 95.3 cm³/mol. The van der Waals surface area contributed by atoms with Crippen LogP contribution in [-0.2, 0) is 11.2 Å². The van der Waals surface area contributed by atoms with Crippen molar-refractivity contribution in [2.24, 2.45) is 0 Å². The molecule has 0 atom stereocenters. The van der Waals surface area contributed by atoms with E-state index < -0.39 is 5.97 Å². The highest BCUT2D eigenvalue weighted by Crippen LogP contribution is 2.39. The normalized spacial score (nSPS) is 11.0. The maximum Gasteiger partial charge on any atom is 0.307 e. The summed E-state index contributed by atoms with van der Waals surface area (Å²) in [6, 6.07) is 6.26. The minimum absolute atomic E-state index is 0.0305. The largest absolute Gasteiger partial charge is 0.499 e. The van der Waals surface area contributed by atoms with Gasteiger partial charge in [0.1, 0.15) is 5.75 Å². The number of carboxylic acid groups (broad SMARTS) is 1. The number of hydrogen-bond acceptors (Lipinski definition) is 5. The lowest BCUT2D eigenvalue weighted by Crippen LogP contribution is -2.12. The Bertz CT molecular complexity index is 1000. The summed E-state index contributed by atoms with van der Waals surface area (Å²) >= 11 is 7.34. The van der Waals surface area contributed by atoms with Crippen LogP contribution in [-0.4, -0.2) is 33.8 Å². The van der Waals surface area contributed by atoms with Gasteiger partial charge in [-0.1, -0.05) is 22.9 Å². The molecule has 0 aliphatic rings. The summed E-state index contributed by atoms with van der Waals surface area (Å²) in [7, 11) is 1.47. The van der Waals surface area contributed by atoms with E-state index in [9.17, 15) is 19.8 Å². The average molecular weight is 380 g/mol. The molecule has 0 fully saturated rings. The smallest absolute Gasteiger partial charge is 0.307 e. The molecule has 3 aromatic rings. The number of hydrogen-bond donors (Lipinski definition) is 2. The summed E-state index contributed by atoms with van der Waals surface area (Å²) in [6.45, 7) is 1.67. The molecule has 2 aromatic heterocycles. The van der Waals surface area contributed by atoms with Crippen molar-refractivity contribution in [2.45, 2.75) is 13.3 Å². The summed E-state index contributed by atoms with van der Waals surface area (Å²) in [5, 5.41) is 19.5. The monoisotopic (exact) mass is 379 g/mol. The molecule has 0 saturated heterocycles. The SMILES string of the molecule is COc1ccc2c(c1Cl)c(CC(=O)O)c(C)n2C(=O)c1ccc(O)s1. The molecular weight excluding hydrogens is 366 g/mol. The van der Waals surface area contributed by atoms with Gasteiger partial charge < -0.3 is 14.9 Å². The Morgan fingerprint density at radius 2 is 2.00 bits per heavy atom. The van der Waals surface area contributed by atoms with Gasteiger partial charge in [-0.15, -0.1) is 0 Å². The predicted octanol–water partition coefficient (Wildman–Crippen LogP) is 3.69. The van der Waals surface area contributed by atoms with Crippen molar-refractivity contribution in [3.05, 3.63) is 45.4 Å². The van der Waals surface area contributed by atoms with Crippen molar-refractivity contribution in [3.8, 4) is 10.8 Å². The van der Waals surface area contributed by atoms with E-state index in [2.05, 4.69) is 0 Å². The van der Waals surface area contributed by atoms with Crippen LogP contribution in [0.1, 0.15) is 20.9 Å². The van der Waals surface area contributed by atoms with Crippen LogP contribution in [0, 0.1) is 6.92 Å². The lowest BCUT2D eigenvalue weighted by Gasteiger charge is -2.07. The van der Waals surface area contributed by atoms with E-state index in [1.165, 1.54) is 23.8 Å². The molecule has 2 N–H and O–H groups in total. The topological polar surface area (TPSA) is 88.8 Å². The van der Waals surface area contributed by atoms with Crippen molar-refractivity contribution in [1.82, 2.24) is 4.57 Å². The van der Waals surface area contributed by atoms with Gasteiger partial charge in [-0.05, 0) is 36.8 Å². The summed E-state index contributed by atoms with van der Waals surface area (Å²) in [5.41, 5.74) is 1.45. The van der Waals surface area contributed by atoms with Crippen LogP contribution in [0.2, 0.25) is 5.02 Å². The average Bonchev–Trinajstić information content (AvgIpc) is 3.10. The van der Waals surface area contributed by atoms with Crippen LogP contribution in [0.3, 0.4) is 0 Å². The number of aromatic nitrogens is 1. The molecule has 0 aliphatic heterocycles. The molecule has 0 aliphatic carbocycles. The number of rotatable bonds is 4. The van der Waals surface area contributed by atoms with E-state index in [0.717, 1.165) is 11.3 Å². The number of aromatic hydroxyl groups is 1. The molecule has 130 valence electrons. The van der Waals surface area contributed by atoms with Gasteiger partial charge in [0.25, 0.3) is 5.91 Å². The minimum atomic E-state index is -1.03. The highest BCUT2D eigenvalue weighted by Gasteiger charge is 2.25. The van der Waals surface area contributed by atoms with Crippen molar-refractivity contribution in [2.75, 3.05) is 7.11 Å². The van der Waals surface area contributed by atoms with Gasteiger partial charge in [0, 0.05) is 11.1 Å². The van der Waals surface area contributed by atoms with Crippen LogP contribution in [0.15, 0.2) is 24.3 Å². The van der Waals surface area contributed by atoms with Crippen LogP contribution in [0.25, 0.3) is 10.9 Å². The molecule has 0 radical (unpaired) electrons. The Hall–Kier alpha value is -2.51. The molecule has 0 unspecified atom stereocenters. The lowest BCUT2D eigenvalue weighted by atomic mass is 10.1. The van der Waals surface area contributed by atoms with E-state index >= 15 is 0 Å². The number of carbonyl (C=O) groups excluding carboxylic acids is 1. The maximum atomic E-state index is 12.9. The van der Waals surface area contributed by atoms with Gasteiger partial charge in [-0.2, -0.15) is 0 Å². The number of benzene rings is 1. The molecule has 0 spiro atoms. The van der Waals surface area contributed by atoms with Crippen LogP contribution in [0.5, 0.6) is 10.8 Å². The first kappa shape index (κ1) is 17.3. The van der Waals surface area contributed by atoms with Crippen molar-refractivity contribution < 1.29 is 24.5 Å². The van der Waals surface area contributed by atoms with E-state index in [1.54, 1.807) is 19.1 Å². The van der Waals surface area contributed by atoms with Gasteiger partial charge in [-0.3, -0.25) is 14.2 Å². The Kier molecular flexibility index (Phi) is 4.45. The molecular formula is C17H14ClNO5S. The lowest BCUT2D eigenvalue weighted by molar-refractivity contribution is -0.136.